The predicted octanol–water partition coefficient (Wildman–Crippen LogP) is 5.41. The third kappa shape index (κ3) is 4.03. The normalized spacial score (nSPS) is 16.0. The van der Waals surface area contributed by atoms with Crippen molar-refractivity contribution in [2.45, 2.75) is 31.7 Å². The maximum absolute atomic E-state index is 5.22. The van der Waals surface area contributed by atoms with E-state index >= 15 is 0 Å². The maximum Gasteiger partial charge on any atom is 0.113 e. The molecular weight excluding hydrogens is 366 g/mol. The molecule has 0 bridgehead atoms. The third-order valence-corrected chi connectivity index (χ3v) is 6.45. The van der Waals surface area contributed by atoms with Crippen molar-refractivity contribution in [2.75, 3.05) is 13.1 Å². The number of nitrogens with zero attached hydrogens (tertiary/aromatic N) is 2. The molecule has 30 heavy (non-hydrogen) atoms. The molecule has 2 heterocycles. The molecule has 3 heteroatoms. The van der Waals surface area contributed by atoms with Gasteiger partial charge in [0, 0.05) is 12.5 Å². The fourth-order valence-electron chi connectivity index (χ4n) is 4.89. The van der Waals surface area contributed by atoms with Crippen molar-refractivity contribution in [3.05, 3.63) is 102 Å². The van der Waals surface area contributed by atoms with Gasteiger partial charge in [0.05, 0.1) is 11.0 Å². The van der Waals surface area contributed by atoms with Crippen molar-refractivity contribution < 1.29 is 0 Å². The van der Waals surface area contributed by atoms with Crippen molar-refractivity contribution in [3.63, 3.8) is 0 Å². The fraction of sp³-hybridized carbons (Fsp3) is 0.296. The van der Waals surface area contributed by atoms with Gasteiger partial charge in [0.2, 0.25) is 0 Å². The Hall–Kier alpha value is -2.91. The summed E-state index contributed by atoms with van der Waals surface area (Å²) in [7, 11) is 0. The Morgan fingerprint density at radius 2 is 1.43 bits per heavy atom. The van der Waals surface area contributed by atoms with Gasteiger partial charge in [-0.1, -0.05) is 72.8 Å². The van der Waals surface area contributed by atoms with Crippen molar-refractivity contribution >= 4 is 11.0 Å². The van der Waals surface area contributed by atoms with Crippen LogP contribution in [0.5, 0.6) is 0 Å². The van der Waals surface area contributed by atoms with Crippen LogP contribution in [0.25, 0.3) is 11.0 Å². The van der Waals surface area contributed by atoms with Crippen LogP contribution >= 0.6 is 0 Å². The zero-order chi connectivity index (χ0) is 20.2. The fourth-order valence-corrected chi connectivity index (χ4v) is 4.89. The summed E-state index contributed by atoms with van der Waals surface area (Å²) in [5.41, 5.74) is 5.07. The molecule has 0 amide bonds. The summed E-state index contributed by atoms with van der Waals surface area (Å²) in [5.74, 6) is 2.32. The van der Waals surface area contributed by atoms with Gasteiger partial charge in [-0.05, 0) is 61.5 Å². The second-order valence-corrected chi connectivity index (χ2v) is 8.41. The number of fused-ring (bicyclic) bond motifs is 1. The number of rotatable bonds is 6. The maximum atomic E-state index is 5.22. The molecule has 0 radical (unpaired) electrons. The van der Waals surface area contributed by atoms with Gasteiger partial charge in [-0.15, -0.1) is 0 Å². The second-order valence-electron chi connectivity index (χ2n) is 8.41. The second kappa shape index (κ2) is 8.85. The highest BCUT2D eigenvalue weighted by molar-refractivity contribution is 5.76. The van der Waals surface area contributed by atoms with Crippen LogP contribution in [-0.4, -0.2) is 22.6 Å². The van der Waals surface area contributed by atoms with Gasteiger partial charge in [0.15, 0.2) is 0 Å². The van der Waals surface area contributed by atoms with Gasteiger partial charge in [-0.25, -0.2) is 4.98 Å². The van der Waals surface area contributed by atoms with Crippen LogP contribution in [0.3, 0.4) is 0 Å². The standard InChI is InChI=1S/C27H29N3/c1-3-9-21(10-4-1)19-24(23-15-17-28-18-16-23)27-29-25-13-7-8-14-26(25)30(27)20-22-11-5-2-6-12-22/h1-14,23-24,28H,15-20H2. The number of hydrogen-bond donors (Lipinski definition) is 1. The zero-order valence-corrected chi connectivity index (χ0v) is 17.4. The Morgan fingerprint density at radius 3 is 2.17 bits per heavy atom. The molecule has 1 N–H and O–H groups in total. The predicted molar refractivity (Wildman–Crippen MR) is 124 cm³/mol. The van der Waals surface area contributed by atoms with Gasteiger partial charge < -0.3 is 9.88 Å². The lowest BCUT2D eigenvalue weighted by Crippen LogP contribution is -2.32. The molecule has 1 atom stereocenters. The number of para-hydroxylation sites is 2. The minimum absolute atomic E-state index is 0.422. The van der Waals surface area contributed by atoms with E-state index in [0.717, 1.165) is 31.6 Å². The highest BCUT2D eigenvalue weighted by Crippen LogP contribution is 2.35. The van der Waals surface area contributed by atoms with E-state index in [2.05, 4.69) is 94.8 Å². The molecule has 152 valence electrons. The summed E-state index contributed by atoms with van der Waals surface area (Å²) in [6.07, 6.45) is 3.47. The highest BCUT2D eigenvalue weighted by atomic mass is 15.1. The monoisotopic (exact) mass is 395 g/mol. The lowest BCUT2D eigenvalue weighted by Gasteiger charge is -2.31. The van der Waals surface area contributed by atoms with Crippen molar-refractivity contribution in [1.29, 1.82) is 0 Å². The number of piperidine rings is 1. The first-order chi connectivity index (χ1) is 14.9. The molecule has 5 rings (SSSR count). The summed E-state index contributed by atoms with van der Waals surface area (Å²) >= 11 is 0. The lowest BCUT2D eigenvalue weighted by molar-refractivity contribution is 0.304. The molecule has 1 fully saturated rings. The molecular formula is C27H29N3. The minimum Gasteiger partial charge on any atom is -0.323 e. The van der Waals surface area contributed by atoms with Crippen molar-refractivity contribution in [3.8, 4) is 0 Å². The van der Waals surface area contributed by atoms with Gasteiger partial charge in [-0.2, -0.15) is 0 Å². The Kier molecular flexibility index (Phi) is 5.62. The summed E-state index contributed by atoms with van der Waals surface area (Å²) in [6, 6.07) is 30.3. The van der Waals surface area contributed by atoms with Gasteiger partial charge in [0.25, 0.3) is 0 Å². The number of benzene rings is 3. The molecule has 1 aliphatic heterocycles. The van der Waals surface area contributed by atoms with E-state index in [0.29, 0.717) is 11.8 Å². The molecule has 3 nitrogen and oxygen atoms in total. The largest absolute Gasteiger partial charge is 0.323 e. The van der Waals surface area contributed by atoms with E-state index in [1.54, 1.807) is 0 Å². The summed E-state index contributed by atoms with van der Waals surface area (Å²) in [5, 5.41) is 3.54. The van der Waals surface area contributed by atoms with Crippen LogP contribution in [0.4, 0.5) is 0 Å². The Bertz CT molecular complexity index is 1080. The van der Waals surface area contributed by atoms with Crippen molar-refractivity contribution in [1.82, 2.24) is 14.9 Å². The third-order valence-electron chi connectivity index (χ3n) is 6.45. The van der Waals surface area contributed by atoms with Crippen LogP contribution in [0.2, 0.25) is 0 Å². The summed E-state index contributed by atoms with van der Waals surface area (Å²) in [6.45, 7) is 3.08. The van der Waals surface area contributed by atoms with Crippen LogP contribution in [0.15, 0.2) is 84.9 Å². The van der Waals surface area contributed by atoms with Crippen LogP contribution in [0, 0.1) is 5.92 Å². The lowest BCUT2D eigenvalue weighted by atomic mass is 9.80. The van der Waals surface area contributed by atoms with E-state index in [1.165, 1.54) is 35.3 Å². The molecule has 1 aliphatic rings. The van der Waals surface area contributed by atoms with Crippen LogP contribution < -0.4 is 5.32 Å². The Labute approximate surface area is 178 Å². The number of imidazole rings is 1. The molecule has 3 aromatic carbocycles. The minimum atomic E-state index is 0.422. The molecule has 1 unspecified atom stereocenters. The molecule has 0 spiro atoms. The van der Waals surface area contributed by atoms with Gasteiger partial charge in [-0.3, -0.25) is 0 Å². The van der Waals surface area contributed by atoms with E-state index in [-0.39, 0.29) is 0 Å². The Balaban J connectivity index is 1.60. The topological polar surface area (TPSA) is 29.9 Å². The first-order valence-electron chi connectivity index (χ1n) is 11.1. The first kappa shape index (κ1) is 19.1. The average Bonchev–Trinajstić information content (AvgIpc) is 3.17. The van der Waals surface area contributed by atoms with Crippen LogP contribution in [0.1, 0.15) is 35.7 Å². The zero-order valence-electron chi connectivity index (χ0n) is 17.4. The van der Waals surface area contributed by atoms with E-state index in [4.69, 9.17) is 4.98 Å². The molecule has 4 aromatic rings. The molecule has 1 aromatic heterocycles. The van der Waals surface area contributed by atoms with E-state index < -0.39 is 0 Å². The highest BCUT2D eigenvalue weighted by Gasteiger charge is 2.29. The van der Waals surface area contributed by atoms with Crippen LogP contribution in [-0.2, 0) is 13.0 Å². The summed E-state index contributed by atoms with van der Waals surface area (Å²) in [4.78, 5) is 5.22. The molecule has 0 saturated carbocycles. The van der Waals surface area contributed by atoms with Gasteiger partial charge >= 0.3 is 0 Å². The SMILES string of the molecule is c1ccc(CC(c2nc3ccccc3n2Cc2ccccc2)C2CCNCC2)cc1. The first-order valence-corrected chi connectivity index (χ1v) is 11.1. The number of aromatic nitrogens is 2. The van der Waals surface area contributed by atoms with Gasteiger partial charge in [0.1, 0.15) is 5.82 Å². The smallest absolute Gasteiger partial charge is 0.113 e. The Morgan fingerprint density at radius 1 is 0.800 bits per heavy atom. The average molecular weight is 396 g/mol. The van der Waals surface area contributed by atoms with E-state index in [9.17, 15) is 0 Å². The van der Waals surface area contributed by atoms with Crippen molar-refractivity contribution in [2.24, 2.45) is 5.92 Å². The molecule has 0 aliphatic carbocycles. The summed E-state index contributed by atoms with van der Waals surface area (Å²) < 4.78 is 2.47. The number of hydrogen-bond acceptors (Lipinski definition) is 2. The molecule has 1 saturated heterocycles. The number of nitrogens with one attached hydrogen (secondary N) is 1. The quantitative estimate of drug-likeness (QED) is 0.473. The van der Waals surface area contributed by atoms with E-state index in [1.807, 2.05) is 0 Å².